The van der Waals surface area contributed by atoms with E-state index in [1.807, 2.05) is 0 Å². The fourth-order valence-electron chi connectivity index (χ4n) is 0.890. The van der Waals surface area contributed by atoms with Crippen molar-refractivity contribution in [3.05, 3.63) is 0 Å². The quantitative estimate of drug-likeness (QED) is 0.326. The minimum Gasteiger partial charge on any atom is -0.480 e. The molecule has 0 spiro atoms. The lowest BCUT2D eigenvalue weighted by atomic mass is 10.1. The van der Waals surface area contributed by atoms with Gasteiger partial charge >= 0.3 is 17.8 Å². The Labute approximate surface area is 86.3 Å². The second-order valence-electron chi connectivity index (χ2n) is 3.00. The van der Waals surface area contributed by atoms with Gasteiger partial charge in [0.1, 0.15) is 6.04 Å². The summed E-state index contributed by atoms with van der Waals surface area (Å²) in [6, 6.07) is -0.903. The smallest absolute Gasteiger partial charge is 0.394 e. The fourth-order valence-corrected chi connectivity index (χ4v) is 0.890. The molecule has 0 rings (SSSR count). The number of hydrogen-bond acceptors (Lipinski definition) is 4. The molecule has 0 aromatic rings. The van der Waals surface area contributed by atoms with Gasteiger partial charge in [-0.2, -0.15) is 0 Å². The molecule has 0 aromatic carbocycles. The van der Waals surface area contributed by atoms with Crippen LogP contribution in [0, 0.1) is 0 Å². The minimum atomic E-state index is -1.53. The standard InChI is InChI=1S/C8H14N2O5/c9-5(7(12)13)3-1-2-4-10-6(11)8(14)15/h5H,1-4,9H2,(H,10,11)(H,12,13)(H,14,15)/t5-/m0/s1. The molecule has 1 amide bonds. The first-order valence-corrected chi connectivity index (χ1v) is 4.44. The van der Waals surface area contributed by atoms with Crippen molar-refractivity contribution in [2.45, 2.75) is 25.3 Å². The molecule has 7 heteroatoms. The SMILES string of the molecule is N[C@@H](CCCCNC(=O)C(=O)O)C(=O)O. The highest BCUT2D eigenvalue weighted by molar-refractivity contribution is 6.31. The van der Waals surface area contributed by atoms with Crippen LogP contribution < -0.4 is 11.1 Å². The van der Waals surface area contributed by atoms with E-state index in [2.05, 4.69) is 5.32 Å². The van der Waals surface area contributed by atoms with E-state index in [4.69, 9.17) is 15.9 Å². The summed E-state index contributed by atoms with van der Waals surface area (Å²) in [5, 5.41) is 18.8. The van der Waals surface area contributed by atoms with Gasteiger partial charge in [0.2, 0.25) is 0 Å². The number of nitrogens with two attached hydrogens (primary N) is 1. The van der Waals surface area contributed by atoms with Crippen molar-refractivity contribution in [2.75, 3.05) is 6.54 Å². The molecular weight excluding hydrogens is 204 g/mol. The predicted molar refractivity (Wildman–Crippen MR) is 50.1 cm³/mol. The maximum Gasteiger partial charge on any atom is 0.394 e. The Morgan fingerprint density at radius 1 is 1.20 bits per heavy atom. The van der Waals surface area contributed by atoms with Gasteiger partial charge in [0.05, 0.1) is 0 Å². The molecule has 5 N–H and O–H groups in total. The van der Waals surface area contributed by atoms with Crippen LogP contribution in [0.5, 0.6) is 0 Å². The van der Waals surface area contributed by atoms with Crippen LogP contribution in [-0.4, -0.2) is 40.6 Å². The summed E-state index contributed by atoms with van der Waals surface area (Å²) in [6.07, 6.45) is 1.33. The van der Waals surface area contributed by atoms with Crippen molar-refractivity contribution in [3.63, 3.8) is 0 Å². The zero-order valence-corrected chi connectivity index (χ0v) is 8.10. The summed E-state index contributed by atoms with van der Waals surface area (Å²) in [5.74, 6) is -3.65. The Morgan fingerprint density at radius 3 is 2.27 bits per heavy atom. The molecule has 0 aliphatic rings. The molecule has 1 atom stereocenters. The van der Waals surface area contributed by atoms with Crippen LogP contribution in [0.1, 0.15) is 19.3 Å². The van der Waals surface area contributed by atoms with Crippen LogP contribution in [0.25, 0.3) is 0 Å². The summed E-state index contributed by atoms with van der Waals surface area (Å²) < 4.78 is 0. The van der Waals surface area contributed by atoms with Crippen LogP contribution in [0.4, 0.5) is 0 Å². The van der Waals surface area contributed by atoms with Crippen LogP contribution in [-0.2, 0) is 14.4 Å². The number of rotatable bonds is 6. The number of carbonyl (C=O) groups is 3. The van der Waals surface area contributed by atoms with E-state index in [-0.39, 0.29) is 6.54 Å². The van der Waals surface area contributed by atoms with Crippen LogP contribution >= 0.6 is 0 Å². The number of aliphatic carboxylic acids is 2. The lowest BCUT2D eigenvalue weighted by Crippen LogP contribution is -2.32. The fraction of sp³-hybridized carbons (Fsp3) is 0.625. The topological polar surface area (TPSA) is 130 Å². The summed E-state index contributed by atoms with van der Waals surface area (Å²) >= 11 is 0. The first-order chi connectivity index (χ1) is 6.95. The van der Waals surface area contributed by atoms with Crippen molar-refractivity contribution < 1.29 is 24.6 Å². The van der Waals surface area contributed by atoms with E-state index in [0.29, 0.717) is 19.3 Å². The molecule has 0 fully saturated rings. The third kappa shape index (κ3) is 6.44. The van der Waals surface area contributed by atoms with E-state index in [0.717, 1.165) is 0 Å². The Hall–Kier alpha value is -1.63. The largest absolute Gasteiger partial charge is 0.480 e. The van der Waals surface area contributed by atoms with Gasteiger partial charge in [0.15, 0.2) is 0 Å². The average Bonchev–Trinajstić information content (AvgIpc) is 2.16. The maximum atomic E-state index is 10.5. The number of carboxylic acids is 2. The second-order valence-corrected chi connectivity index (χ2v) is 3.00. The lowest BCUT2D eigenvalue weighted by Gasteiger charge is -2.05. The number of hydrogen-bond donors (Lipinski definition) is 4. The number of nitrogens with one attached hydrogen (secondary N) is 1. The molecule has 0 aliphatic carbocycles. The van der Waals surface area contributed by atoms with Crippen LogP contribution in [0.2, 0.25) is 0 Å². The lowest BCUT2D eigenvalue weighted by molar-refractivity contribution is -0.150. The number of carboxylic acid groups (broad SMARTS) is 2. The van der Waals surface area contributed by atoms with Crippen LogP contribution in [0.3, 0.4) is 0 Å². The molecule has 0 aliphatic heterocycles. The van der Waals surface area contributed by atoms with Gasteiger partial charge in [-0.1, -0.05) is 0 Å². The highest BCUT2D eigenvalue weighted by Gasteiger charge is 2.11. The van der Waals surface area contributed by atoms with Crippen molar-refractivity contribution in [1.82, 2.24) is 5.32 Å². The van der Waals surface area contributed by atoms with Gasteiger partial charge in [-0.05, 0) is 19.3 Å². The van der Waals surface area contributed by atoms with E-state index < -0.39 is 23.9 Å². The first kappa shape index (κ1) is 13.4. The molecule has 0 bridgehead atoms. The first-order valence-electron chi connectivity index (χ1n) is 4.44. The van der Waals surface area contributed by atoms with Crippen molar-refractivity contribution in [1.29, 1.82) is 0 Å². The zero-order chi connectivity index (χ0) is 11.8. The van der Waals surface area contributed by atoms with Gasteiger partial charge in [0, 0.05) is 6.54 Å². The molecule has 86 valence electrons. The molecule has 15 heavy (non-hydrogen) atoms. The molecular formula is C8H14N2O5. The molecule has 0 saturated carbocycles. The maximum absolute atomic E-state index is 10.5. The van der Waals surface area contributed by atoms with Gasteiger partial charge in [0.25, 0.3) is 0 Å². The number of carbonyl (C=O) groups excluding carboxylic acids is 1. The van der Waals surface area contributed by atoms with E-state index in [1.54, 1.807) is 0 Å². The molecule has 0 unspecified atom stereocenters. The van der Waals surface area contributed by atoms with Crippen molar-refractivity contribution in [2.24, 2.45) is 5.73 Å². The second kappa shape index (κ2) is 6.77. The summed E-state index contributed by atoms with van der Waals surface area (Å²) in [5.41, 5.74) is 5.23. The highest BCUT2D eigenvalue weighted by atomic mass is 16.4. The Balaban J connectivity index is 3.44. The zero-order valence-electron chi connectivity index (χ0n) is 8.10. The van der Waals surface area contributed by atoms with Gasteiger partial charge < -0.3 is 21.3 Å². The third-order valence-corrected chi connectivity index (χ3v) is 1.74. The minimum absolute atomic E-state index is 0.206. The van der Waals surface area contributed by atoms with Crippen molar-refractivity contribution in [3.8, 4) is 0 Å². The third-order valence-electron chi connectivity index (χ3n) is 1.74. The normalized spacial score (nSPS) is 11.8. The average molecular weight is 218 g/mol. The van der Waals surface area contributed by atoms with E-state index >= 15 is 0 Å². The molecule has 0 radical (unpaired) electrons. The monoisotopic (exact) mass is 218 g/mol. The molecule has 0 saturated heterocycles. The number of amides is 1. The van der Waals surface area contributed by atoms with E-state index in [9.17, 15) is 14.4 Å². The van der Waals surface area contributed by atoms with E-state index in [1.165, 1.54) is 0 Å². The summed E-state index contributed by atoms with van der Waals surface area (Å²) in [4.78, 5) is 30.9. The van der Waals surface area contributed by atoms with Crippen molar-refractivity contribution >= 4 is 17.8 Å². The highest BCUT2D eigenvalue weighted by Crippen LogP contribution is 1.97. The Bertz CT molecular complexity index is 253. The molecule has 7 nitrogen and oxygen atoms in total. The molecule has 0 heterocycles. The molecule has 0 aromatic heterocycles. The van der Waals surface area contributed by atoms with Gasteiger partial charge in [-0.25, -0.2) is 4.79 Å². The van der Waals surface area contributed by atoms with Gasteiger partial charge in [-0.15, -0.1) is 0 Å². The Morgan fingerprint density at radius 2 is 1.80 bits per heavy atom. The van der Waals surface area contributed by atoms with Gasteiger partial charge in [-0.3, -0.25) is 9.59 Å². The predicted octanol–water partition coefficient (Wildman–Crippen LogP) is -1.23. The number of unbranched alkanes of at least 4 members (excludes halogenated alkanes) is 1. The Kier molecular flexibility index (Phi) is 6.03. The van der Waals surface area contributed by atoms with Crippen LogP contribution in [0.15, 0.2) is 0 Å². The summed E-state index contributed by atoms with van der Waals surface area (Å²) in [7, 11) is 0. The summed E-state index contributed by atoms with van der Waals surface area (Å²) in [6.45, 7) is 0.206.